The molecule has 0 bridgehead atoms. The molecule has 2 aliphatic rings. The van der Waals surface area contributed by atoms with Crippen LogP contribution in [0.15, 0.2) is 42.5 Å². The van der Waals surface area contributed by atoms with Gasteiger partial charge >= 0.3 is 0 Å². The van der Waals surface area contributed by atoms with E-state index in [0.717, 1.165) is 5.56 Å². The van der Waals surface area contributed by atoms with Crippen molar-refractivity contribution in [2.75, 3.05) is 0 Å². The lowest BCUT2D eigenvalue weighted by Crippen LogP contribution is -2.58. The predicted molar refractivity (Wildman–Crippen MR) is 117 cm³/mol. The number of ketones is 2. The Bertz CT molecular complexity index is 1310. The minimum atomic E-state index is -1.57. The van der Waals surface area contributed by atoms with Gasteiger partial charge in [0.25, 0.3) is 0 Å². The summed E-state index contributed by atoms with van der Waals surface area (Å²) >= 11 is 0. The summed E-state index contributed by atoms with van der Waals surface area (Å²) in [6.07, 6.45) is -6.57. The first kappa shape index (κ1) is 21.5. The third-order valence-corrected chi connectivity index (χ3v) is 6.26. The average molecular weight is 450 g/mol. The van der Waals surface area contributed by atoms with Crippen LogP contribution in [0.25, 0.3) is 10.8 Å². The molecule has 3 aromatic carbocycles. The normalized spacial score (nSPS) is 26.8. The Hall–Kier alpha value is -3.30. The zero-order valence-corrected chi connectivity index (χ0v) is 17.9. The van der Waals surface area contributed by atoms with Gasteiger partial charge in [0.05, 0.1) is 11.7 Å². The van der Waals surface area contributed by atoms with Crippen LogP contribution in [0.4, 0.5) is 0 Å². The number of hydrogen-bond donors (Lipinski definition) is 4. The molecule has 1 aliphatic heterocycles. The number of aryl methyl sites for hydroxylation is 1. The average Bonchev–Trinajstić information content (AvgIpc) is 2.78. The molecule has 0 saturated carbocycles. The summed E-state index contributed by atoms with van der Waals surface area (Å²) in [5.41, 5.74) is 1.17. The molecule has 1 heterocycles. The molecule has 3 aromatic rings. The van der Waals surface area contributed by atoms with Crippen LogP contribution in [-0.2, 0) is 4.74 Å². The van der Waals surface area contributed by atoms with Crippen molar-refractivity contribution in [3.8, 4) is 11.5 Å². The molecule has 5 atom stereocenters. The second-order valence-electron chi connectivity index (χ2n) is 8.51. The maximum absolute atomic E-state index is 13.5. The number of phenolic OH excluding ortho intramolecular Hbond substituents is 1. The van der Waals surface area contributed by atoms with Crippen LogP contribution in [0.3, 0.4) is 0 Å². The quantitative estimate of drug-likeness (QED) is 0.364. The van der Waals surface area contributed by atoms with E-state index in [9.17, 15) is 30.0 Å². The minimum Gasteiger partial charge on any atom is -0.507 e. The number of carbonyl (C=O) groups excluding carboxylic acids is 2. The van der Waals surface area contributed by atoms with Gasteiger partial charge in [0.2, 0.25) is 6.29 Å². The minimum absolute atomic E-state index is 0.00423. The number of ether oxygens (including phenoxy) is 2. The molecule has 1 aliphatic carbocycles. The number of benzene rings is 3. The van der Waals surface area contributed by atoms with Crippen molar-refractivity contribution in [1.29, 1.82) is 0 Å². The van der Waals surface area contributed by atoms with Gasteiger partial charge in [-0.2, -0.15) is 0 Å². The number of phenols is 1. The van der Waals surface area contributed by atoms with E-state index in [0.29, 0.717) is 10.8 Å². The highest BCUT2D eigenvalue weighted by atomic mass is 16.7. The van der Waals surface area contributed by atoms with Gasteiger partial charge in [0.15, 0.2) is 11.6 Å². The molecule has 8 nitrogen and oxygen atoms in total. The summed E-state index contributed by atoms with van der Waals surface area (Å²) in [6, 6.07) is 11.1. The molecule has 1 fully saturated rings. The number of carbonyl (C=O) groups is 2. The molecule has 33 heavy (non-hydrogen) atoms. The smallest absolute Gasteiger partial charge is 0.229 e. The van der Waals surface area contributed by atoms with Gasteiger partial charge in [0.1, 0.15) is 29.8 Å². The van der Waals surface area contributed by atoms with Crippen LogP contribution in [0, 0.1) is 6.92 Å². The SMILES string of the molecule is Cc1cc(O)c2c3c(ccc2c1)C(=O)c1c(O[C@@H]2O[C@@H](C)[C@H](O)[C@@H](O)[C@H]2O)cccc1C3=O. The first-order valence-electron chi connectivity index (χ1n) is 10.5. The van der Waals surface area contributed by atoms with Gasteiger partial charge in [-0.25, -0.2) is 0 Å². The first-order chi connectivity index (χ1) is 15.7. The fourth-order valence-electron chi connectivity index (χ4n) is 4.57. The van der Waals surface area contributed by atoms with Crippen molar-refractivity contribution in [1.82, 2.24) is 0 Å². The Morgan fingerprint density at radius 2 is 1.58 bits per heavy atom. The van der Waals surface area contributed by atoms with E-state index < -0.39 is 42.3 Å². The van der Waals surface area contributed by atoms with Crippen LogP contribution in [0.1, 0.15) is 44.3 Å². The van der Waals surface area contributed by atoms with E-state index in [1.165, 1.54) is 31.2 Å². The highest BCUT2D eigenvalue weighted by molar-refractivity contribution is 6.33. The summed E-state index contributed by atoms with van der Waals surface area (Å²) in [7, 11) is 0. The Labute approximate surface area is 188 Å². The van der Waals surface area contributed by atoms with Crippen molar-refractivity contribution in [2.45, 2.75) is 44.6 Å². The van der Waals surface area contributed by atoms with Crippen LogP contribution in [0.5, 0.6) is 11.5 Å². The van der Waals surface area contributed by atoms with Gasteiger partial charge < -0.3 is 29.9 Å². The number of rotatable bonds is 2. The molecule has 1 saturated heterocycles. The van der Waals surface area contributed by atoms with Crippen molar-refractivity contribution in [3.05, 3.63) is 70.3 Å². The molecule has 0 unspecified atom stereocenters. The predicted octanol–water partition coefficient (Wildman–Crippen LogP) is 1.84. The Morgan fingerprint density at radius 1 is 0.879 bits per heavy atom. The standard InChI is InChI=1S/C25H22O8/c1-10-8-12-6-7-14-19(17(12)15(26)9-10)22(29)13-4-3-5-16(18(13)21(14)28)33-25-24(31)23(30)20(27)11(2)32-25/h3-9,11,20,23-27,30-31H,1-2H3/t11-,20-,23+,24+,25-/m0/s1. The summed E-state index contributed by atoms with van der Waals surface area (Å²) in [6.45, 7) is 3.34. The second kappa shape index (κ2) is 7.64. The lowest BCUT2D eigenvalue weighted by atomic mass is 9.81. The van der Waals surface area contributed by atoms with Gasteiger partial charge in [0, 0.05) is 22.1 Å². The molecule has 5 rings (SSSR count). The van der Waals surface area contributed by atoms with Crippen LogP contribution in [-0.4, -0.2) is 62.7 Å². The van der Waals surface area contributed by atoms with E-state index in [4.69, 9.17) is 9.47 Å². The molecular weight excluding hydrogens is 428 g/mol. The highest BCUT2D eigenvalue weighted by Gasteiger charge is 2.44. The van der Waals surface area contributed by atoms with Gasteiger partial charge in [-0.3, -0.25) is 9.59 Å². The maximum atomic E-state index is 13.5. The van der Waals surface area contributed by atoms with Crippen molar-refractivity contribution >= 4 is 22.3 Å². The molecule has 0 radical (unpaired) electrons. The molecule has 0 amide bonds. The number of fused-ring (bicyclic) bond motifs is 4. The molecule has 0 aromatic heterocycles. The Kier molecular flexibility index (Phi) is 4.98. The van der Waals surface area contributed by atoms with E-state index in [-0.39, 0.29) is 33.8 Å². The van der Waals surface area contributed by atoms with E-state index in [2.05, 4.69) is 0 Å². The summed E-state index contributed by atoms with van der Waals surface area (Å²) in [5, 5.41) is 41.8. The molecule has 8 heteroatoms. The zero-order chi connectivity index (χ0) is 23.6. The maximum Gasteiger partial charge on any atom is 0.229 e. The largest absolute Gasteiger partial charge is 0.507 e. The van der Waals surface area contributed by atoms with E-state index >= 15 is 0 Å². The Morgan fingerprint density at radius 3 is 2.33 bits per heavy atom. The van der Waals surface area contributed by atoms with Crippen LogP contribution >= 0.6 is 0 Å². The van der Waals surface area contributed by atoms with E-state index in [1.54, 1.807) is 12.1 Å². The summed E-state index contributed by atoms with van der Waals surface area (Å²) in [4.78, 5) is 27.0. The second-order valence-corrected chi connectivity index (χ2v) is 8.51. The topological polar surface area (TPSA) is 134 Å². The molecule has 4 N–H and O–H groups in total. The Balaban J connectivity index is 1.61. The van der Waals surface area contributed by atoms with Crippen molar-refractivity contribution in [3.63, 3.8) is 0 Å². The third-order valence-electron chi connectivity index (χ3n) is 6.26. The van der Waals surface area contributed by atoms with Gasteiger partial charge in [-0.05, 0) is 43.0 Å². The zero-order valence-electron chi connectivity index (χ0n) is 17.9. The lowest BCUT2D eigenvalue weighted by molar-refractivity contribution is -0.268. The molecule has 0 spiro atoms. The summed E-state index contributed by atoms with van der Waals surface area (Å²) < 4.78 is 11.2. The molecule has 170 valence electrons. The van der Waals surface area contributed by atoms with E-state index in [1.807, 2.05) is 13.0 Å². The van der Waals surface area contributed by atoms with Crippen molar-refractivity contribution < 1.29 is 39.5 Å². The number of hydrogen-bond acceptors (Lipinski definition) is 8. The fraction of sp³-hybridized carbons (Fsp3) is 0.280. The van der Waals surface area contributed by atoms with Gasteiger partial charge in [-0.15, -0.1) is 0 Å². The fourth-order valence-corrected chi connectivity index (χ4v) is 4.57. The lowest BCUT2D eigenvalue weighted by Gasteiger charge is -2.39. The molecular formula is C25H22O8. The number of aliphatic hydroxyl groups excluding tert-OH is 3. The van der Waals surface area contributed by atoms with Crippen LogP contribution < -0.4 is 4.74 Å². The first-order valence-corrected chi connectivity index (χ1v) is 10.5. The highest BCUT2D eigenvalue weighted by Crippen LogP contribution is 2.40. The van der Waals surface area contributed by atoms with Crippen molar-refractivity contribution in [2.24, 2.45) is 0 Å². The number of aromatic hydroxyl groups is 1. The third kappa shape index (κ3) is 3.22. The summed E-state index contributed by atoms with van der Waals surface area (Å²) in [5.74, 6) is -0.997. The van der Waals surface area contributed by atoms with Gasteiger partial charge in [-0.1, -0.05) is 24.3 Å². The van der Waals surface area contributed by atoms with Crippen LogP contribution in [0.2, 0.25) is 0 Å². The number of aliphatic hydroxyl groups is 3. The monoisotopic (exact) mass is 450 g/mol.